The van der Waals surface area contributed by atoms with Crippen LogP contribution in [0.3, 0.4) is 0 Å². The molecule has 1 heterocycles. The van der Waals surface area contributed by atoms with E-state index in [-0.39, 0.29) is 24.0 Å². The van der Waals surface area contributed by atoms with E-state index in [1.807, 2.05) is 13.8 Å². The number of aromatic nitrogens is 1. The summed E-state index contributed by atoms with van der Waals surface area (Å²) in [6.07, 6.45) is 0.806. The lowest BCUT2D eigenvalue weighted by Crippen LogP contribution is -2.27. The van der Waals surface area contributed by atoms with E-state index in [9.17, 15) is 13.2 Å². The minimum atomic E-state index is -3.61. The summed E-state index contributed by atoms with van der Waals surface area (Å²) >= 11 is 1.42. The number of nitrogens with one attached hydrogen (secondary N) is 2. The van der Waals surface area contributed by atoms with Gasteiger partial charge in [0, 0.05) is 24.1 Å². The second-order valence-corrected chi connectivity index (χ2v) is 8.21. The number of benzene rings is 1. The number of anilines is 1. The summed E-state index contributed by atoms with van der Waals surface area (Å²) in [5, 5.41) is 3.28. The van der Waals surface area contributed by atoms with Crippen LogP contribution in [0.2, 0.25) is 0 Å². The molecule has 0 spiro atoms. The molecule has 0 radical (unpaired) electrons. The molecule has 9 heteroatoms. The zero-order valence-corrected chi connectivity index (χ0v) is 16.0. The Morgan fingerprint density at radius 3 is 2.52 bits per heavy atom. The van der Waals surface area contributed by atoms with Gasteiger partial charge < -0.3 is 4.74 Å². The molecule has 2 rings (SSSR count). The Labute approximate surface area is 151 Å². The van der Waals surface area contributed by atoms with E-state index < -0.39 is 10.0 Å². The van der Waals surface area contributed by atoms with Crippen molar-refractivity contribution in [2.75, 3.05) is 25.6 Å². The van der Waals surface area contributed by atoms with E-state index in [4.69, 9.17) is 4.74 Å². The van der Waals surface area contributed by atoms with Gasteiger partial charge in [-0.3, -0.25) is 10.1 Å². The van der Waals surface area contributed by atoms with Crippen molar-refractivity contribution in [2.24, 2.45) is 0 Å². The summed E-state index contributed by atoms with van der Waals surface area (Å²) in [6.45, 7) is 4.44. The van der Waals surface area contributed by atoms with Gasteiger partial charge in [0.15, 0.2) is 5.13 Å². The van der Waals surface area contributed by atoms with Gasteiger partial charge in [0.2, 0.25) is 10.0 Å². The Kier molecular flexibility index (Phi) is 6.65. The van der Waals surface area contributed by atoms with Gasteiger partial charge in [-0.25, -0.2) is 18.1 Å². The van der Waals surface area contributed by atoms with Crippen LogP contribution in [0, 0.1) is 6.92 Å². The highest BCUT2D eigenvalue weighted by atomic mass is 32.2. The maximum absolute atomic E-state index is 12.3. The van der Waals surface area contributed by atoms with Crippen LogP contribution in [0.4, 0.5) is 5.13 Å². The third-order valence-electron chi connectivity index (χ3n) is 3.47. The van der Waals surface area contributed by atoms with Crippen LogP contribution in [0.15, 0.2) is 29.2 Å². The first-order valence-corrected chi connectivity index (χ1v) is 10.0. The number of aryl methyl sites for hydroxylation is 2. The number of methoxy groups -OCH3 is 1. The molecular formula is C16H21N3O4S2. The number of nitrogens with zero attached hydrogens (tertiary/aromatic N) is 1. The van der Waals surface area contributed by atoms with Crippen molar-refractivity contribution in [1.82, 2.24) is 9.71 Å². The molecule has 0 bridgehead atoms. The molecule has 7 nitrogen and oxygen atoms in total. The van der Waals surface area contributed by atoms with Crippen LogP contribution in [-0.4, -0.2) is 39.6 Å². The maximum Gasteiger partial charge on any atom is 0.257 e. The van der Waals surface area contributed by atoms with Crippen LogP contribution < -0.4 is 10.0 Å². The maximum atomic E-state index is 12.3. The smallest absolute Gasteiger partial charge is 0.257 e. The lowest BCUT2D eigenvalue weighted by molar-refractivity contribution is 0.102. The topological polar surface area (TPSA) is 97.4 Å². The predicted molar refractivity (Wildman–Crippen MR) is 97.7 cm³/mol. The Hall–Kier alpha value is -1.81. The van der Waals surface area contributed by atoms with Gasteiger partial charge in [0.25, 0.3) is 5.91 Å². The fourth-order valence-corrected chi connectivity index (χ4v) is 4.04. The molecule has 1 amide bonds. The molecule has 25 heavy (non-hydrogen) atoms. The summed E-state index contributed by atoms with van der Waals surface area (Å²) < 4.78 is 31.4. The summed E-state index contributed by atoms with van der Waals surface area (Å²) in [5.41, 5.74) is 1.32. The fourth-order valence-electron chi connectivity index (χ4n) is 2.13. The van der Waals surface area contributed by atoms with Gasteiger partial charge in [0.1, 0.15) is 0 Å². The number of ether oxygens (including phenoxy) is 1. The monoisotopic (exact) mass is 383 g/mol. The van der Waals surface area contributed by atoms with E-state index in [2.05, 4.69) is 15.0 Å². The van der Waals surface area contributed by atoms with Crippen LogP contribution in [0.1, 0.15) is 27.9 Å². The largest absolute Gasteiger partial charge is 0.383 e. The van der Waals surface area contributed by atoms with Gasteiger partial charge in [-0.2, -0.15) is 0 Å². The van der Waals surface area contributed by atoms with Gasteiger partial charge >= 0.3 is 0 Å². The van der Waals surface area contributed by atoms with E-state index in [1.54, 1.807) is 0 Å². The number of sulfonamides is 1. The van der Waals surface area contributed by atoms with E-state index >= 15 is 0 Å². The Bertz CT molecular complexity index is 830. The van der Waals surface area contributed by atoms with Crippen molar-refractivity contribution >= 4 is 32.4 Å². The van der Waals surface area contributed by atoms with Gasteiger partial charge in [-0.05, 0) is 37.6 Å². The molecule has 0 fully saturated rings. The molecule has 0 aliphatic rings. The van der Waals surface area contributed by atoms with Crippen molar-refractivity contribution in [3.63, 3.8) is 0 Å². The molecule has 2 aromatic rings. The fraction of sp³-hybridized carbons (Fsp3) is 0.375. The lowest BCUT2D eigenvalue weighted by Gasteiger charge is -2.07. The Balaban J connectivity index is 2.06. The normalized spacial score (nSPS) is 11.5. The summed E-state index contributed by atoms with van der Waals surface area (Å²) in [6, 6.07) is 5.74. The summed E-state index contributed by atoms with van der Waals surface area (Å²) in [4.78, 5) is 17.8. The van der Waals surface area contributed by atoms with Crippen molar-refractivity contribution in [1.29, 1.82) is 0 Å². The number of carbonyl (C=O) groups is 1. The molecule has 0 aliphatic heterocycles. The molecule has 1 aromatic heterocycles. The van der Waals surface area contributed by atoms with Crippen molar-refractivity contribution in [3.8, 4) is 0 Å². The molecular weight excluding hydrogens is 362 g/mol. The number of carbonyl (C=O) groups excluding carboxylic acids is 1. The standard InChI is InChI=1S/C16H21N3O4S2/c1-4-14-11(2)24-16(18-14)19-15(20)12-5-7-13(8-6-12)25(21,22)17-9-10-23-3/h5-8,17H,4,9-10H2,1-3H3,(H,18,19,20). The first-order valence-electron chi connectivity index (χ1n) is 7.73. The van der Waals surface area contributed by atoms with Crippen molar-refractivity contribution < 1.29 is 17.9 Å². The highest BCUT2D eigenvalue weighted by Crippen LogP contribution is 2.23. The molecule has 0 aliphatic carbocycles. The van der Waals surface area contributed by atoms with E-state index in [0.717, 1.165) is 17.0 Å². The molecule has 136 valence electrons. The highest BCUT2D eigenvalue weighted by Gasteiger charge is 2.15. The SMILES string of the molecule is CCc1nc(NC(=O)c2ccc(S(=O)(=O)NCCOC)cc2)sc1C. The predicted octanol–water partition coefficient (Wildman–Crippen LogP) is 2.19. The molecule has 2 N–H and O–H groups in total. The first-order chi connectivity index (χ1) is 11.9. The van der Waals surface area contributed by atoms with E-state index in [0.29, 0.717) is 10.7 Å². The molecule has 0 saturated heterocycles. The van der Waals surface area contributed by atoms with Gasteiger partial charge in [-0.1, -0.05) is 6.92 Å². The molecule has 0 unspecified atom stereocenters. The molecule has 0 saturated carbocycles. The first kappa shape index (κ1) is 19.5. The minimum Gasteiger partial charge on any atom is -0.383 e. The van der Waals surface area contributed by atoms with Crippen LogP contribution in [0.25, 0.3) is 0 Å². The van der Waals surface area contributed by atoms with Crippen molar-refractivity contribution in [2.45, 2.75) is 25.2 Å². The van der Waals surface area contributed by atoms with Crippen LogP contribution in [-0.2, 0) is 21.2 Å². The second kappa shape index (κ2) is 8.52. The average molecular weight is 383 g/mol. The van der Waals surface area contributed by atoms with Crippen LogP contribution in [0.5, 0.6) is 0 Å². The van der Waals surface area contributed by atoms with E-state index in [1.165, 1.54) is 42.7 Å². The minimum absolute atomic E-state index is 0.0958. The average Bonchev–Trinajstić information content (AvgIpc) is 2.94. The third kappa shape index (κ3) is 5.08. The Morgan fingerprint density at radius 1 is 1.28 bits per heavy atom. The molecule has 0 atom stereocenters. The number of rotatable bonds is 8. The molecule has 1 aromatic carbocycles. The summed E-state index contributed by atoms with van der Waals surface area (Å²) in [5.74, 6) is -0.326. The number of hydrogen-bond donors (Lipinski definition) is 2. The second-order valence-electron chi connectivity index (χ2n) is 5.24. The van der Waals surface area contributed by atoms with Crippen molar-refractivity contribution in [3.05, 3.63) is 40.4 Å². The number of amides is 1. The number of hydrogen-bond acceptors (Lipinski definition) is 6. The van der Waals surface area contributed by atoms with Gasteiger partial charge in [0.05, 0.1) is 17.2 Å². The zero-order valence-electron chi connectivity index (χ0n) is 14.3. The summed E-state index contributed by atoms with van der Waals surface area (Å²) in [7, 11) is -2.12. The number of thiazole rings is 1. The lowest BCUT2D eigenvalue weighted by atomic mass is 10.2. The Morgan fingerprint density at radius 2 is 1.96 bits per heavy atom. The quantitative estimate of drug-likeness (QED) is 0.681. The van der Waals surface area contributed by atoms with Gasteiger partial charge in [-0.15, -0.1) is 11.3 Å². The van der Waals surface area contributed by atoms with Crippen LogP contribution >= 0.6 is 11.3 Å². The third-order valence-corrected chi connectivity index (χ3v) is 5.88. The highest BCUT2D eigenvalue weighted by molar-refractivity contribution is 7.89. The zero-order chi connectivity index (χ0) is 18.4.